The molecule has 2 heteroatoms. The van der Waals surface area contributed by atoms with Crippen LogP contribution in [0.4, 0.5) is 4.39 Å². The summed E-state index contributed by atoms with van der Waals surface area (Å²) in [4.78, 5) is 0. The van der Waals surface area contributed by atoms with Crippen LogP contribution in [0.25, 0.3) is 0 Å². The SMILES string of the molecule is O[C@@H](Cc1ccccc1)[C@H]1[C@H](F)[C@@H]1c1ccccc1. The Hall–Kier alpha value is -1.67. The number of aliphatic hydroxyl groups is 1. The largest absolute Gasteiger partial charge is 0.392 e. The van der Waals surface area contributed by atoms with Gasteiger partial charge >= 0.3 is 0 Å². The molecule has 3 rings (SSSR count). The van der Waals surface area contributed by atoms with Crippen LogP contribution in [0.5, 0.6) is 0 Å². The Bertz CT molecular complexity index is 525. The van der Waals surface area contributed by atoms with Crippen molar-refractivity contribution in [3.63, 3.8) is 0 Å². The highest BCUT2D eigenvalue weighted by atomic mass is 19.1. The van der Waals surface area contributed by atoms with Crippen molar-refractivity contribution in [2.75, 3.05) is 0 Å². The Labute approximate surface area is 112 Å². The maximum Gasteiger partial charge on any atom is 0.113 e. The van der Waals surface area contributed by atoms with Crippen LogP contribution in [0.3, 0.4) is 0 Å². The van der Waals surface area contributed by atoms with Crippen molar-refractivity contribution in [1.82, 2.24) is 0 Å². The normalized spacial score (nSPS) is 26.9. The molecule has 19 heavy (non-hydrogen) atoms. The Morgan fingerprint density at radius 3 is 2.16 bits per heavy atom. The van der Waals surface area contributed by atoms with Crippen LogP contribution in [0.1, 0.15) is 17.0 Å². The van der Waals surface area contributed by atoms with Crippen LogP contribution in [0.15, 0.2) is 60.7 Å². The zero-order chi connectivity index (χ0) is 13.2. The lowest BCUT2D eigenvalue weighted by Crippen LogP contribution is -2.15. The second-order valence-electron chi connectivity index (χ2n) is 5.22. The summed E-state index contributed by atoms with van der Waals surface area (Å²) in [5.74, 6) is -0.400. The van der Waals surface area contributed by atoms with Gasteiger partial charge in [-0.3, -0.25) is 0 Å². The molecule has 1 N–H and O–H groups in total. The lowest BCUT2D eigenvalue weighted by Gasteiger charge is -2.09. The van der Waals surface area contributed by atoms with Gasteiger partial charge in [0, 0.05) is 11.8 Å². The molecule has 0 aromatic heterocycles. The number of benzene rings is 2. The van der Waals surface area contributed by atoms with Crippen LogP contribution in [-0.2, 0) is 6.42 Å². The Kier molecular flexibility index (Phi) is 3.34. The highest BCUT2D eigenvalue weighted by molar-refractivity contribution is 5.31. The van der Waals surface area contributed by atoms with Crippen molar-refractivity contribution in [2.45, 2.75) is 24.6 Å². The highest BCUT2D eigenvalue weighted by Crippen LogP contribution is 2.52. The van der Waals surface area contributed by atoms with Gasteiger partial charge in [-0.2, -0.15) is 0 Å². The summed E-state index contributed by atoms with van der Waals surface area (Å²) in [6.07, 6.45) is -1.00. The summed E-state index contributed by atoms with van der Waals surface area (Å²) in [5.41, 5.74) is 2.05. The van der Waals surface area contributed by atoms with E-state index in [1.165, 1.54) is 0 Å². The minimum Gasteiger partial charge on any atom is -0.392 e. The molecule has 0 heterocycles. The fourth-order valence-corrected chi connectivity index (χ4v) is 2.82. The predicted octanol–water partition coefficient (Wildman–Crippen LogP) is 3.34. The zero-order valence-electron chi connectivity index (χ0n) is 10.6. The molecule has 98 valence electrons. The molecule has 0 unspecified atom stereocenters. The molecule has 1 fully saturated rings. The minimum atomic E-state index is -0.916. The van der Waals surface area contributed by atoms with Gasteiger partial charge in [0.1, 0.15) is 6.17 Å². The molecule has 2 aromatic carbocycles. The first-order chi connectivity index (χ1) is 9.27. The number of hydrogen-bond donors (Lipinski definition) is 1. The monoisotopic (exact) mass is 256 g/mol. The summed E-state index contributed by atoms with van der Waals surface area (Å²) in [6.45, 7) is 0. The van der Waals surface area contributed by atoms with Crippen molar-refractivity contribution < 1.29 is 9.50 Å². The third-order valence-corrected chi connectivity index (χ3v) is 3.90. The second kappa shape index (κ2) is 5.14. The third kappa shape index (κ3) is 2.54. The summed E-state index contributed by atoms with van der Waals surface area (Å²) in [6, 6.07) is 19.4. The molecule has 0 radical (unpaired) electrons. The average molecular weight is 256 g/mol. The van der Waals surface area contributed by atoms with Crippen molar-refractivity contribution in [3.05, 3.63) is 71.8 Å². The molecular weight excluding hydrogens is 239 g/mol. The first-order valence-corrected chi connectivity index (χ1v) is 6.68. The molecule has 4 atom stereocenters. The number of alkyl halides is 1. The topological polar surface area (TPSA) is 20.2 Å². The molecule has 1 nitrogen and oxygen atoms in total. The van der Waals surface area contributed by atoms with Gasteiger partial charge in [-0.05, 0) is 17.5 Å². The predicted molar refractivity (Wildman–Crippen MR) is 73.7 cm³/mol. The van der Waals surface area contributed by atoms with Gasteiger partial charge < -0.3 is 5.11 Å². The van der Waals surface area contributed by atoms with Crippen LogP contribution in [0.2, 0.25) is 0 Å². The van der Waals surface area contributed by atoms with E-state index in [-0.39, 0.29) is 11.8 Å². The molecule has 1 aliphatic carbocycles. The van der Waals surface area contributed by atoms with Gasteiger partial charge in [-0.1, -0.05) is 60.7 Å². The molecule has 0 spiro atoms. The van der Waals surface area contributed by atoms with E-state index in [1.807, 2.05) is 60.7 Å². The Morgan fingerprint density at radius 2 is 1.53 bits per heavy atom. The van der Waals surface area contributed by atoms with Crippen molar-refractivity contribution in [1.29, 1.82) is 0 Å². The summed E-state index contributed by atoms with van der Waals surface area (Å²) < 4.78 is 13.9. The van der Waals surface area contributed by atoms with E-state index in [0.717, 1.165) is 11.1 Å². The Balaban J connectivity index is 1.68. The first-order valence-electron chi connectivity index (χ1n) is 6.68. The smallest absolute Gasteiger partial charge is 0.113 e. The molecule has 0 aliphatic heterocycles. The maximum absolute atomic E-state index is 13.9. The molecule has 1 saturated carbocycles. The van der Waals surface area contributed by atoms with Gasteiger partial charge in [-0.15, -0.1) is 0 Å². The van der Waals surface area contributed by atoms with Gasteiger partial charge in [-0.25, -0.2) is 4.39 Å². The second-order valence-corrected chi connectivity index (χ2v) is 5.22. The highest BCUT2D eigenvalue weighted by Gasteiger charge is 2.55. The molecular formula is C17H17FO. The summed E-state index contributed by atoms with van der Waals surface area (Å²) in [5, 5.41) is 10.2. The fraction of sp³-hybridized carbons (Fsp3) is 0.294. The molecule has 0 amide bonds. The third-order valence-electron chi connectivity index (χ3n) is 3.90. The molecule has 2 aromatic rings. The van der Waals surface area contributed by atoms with Crippen LogP contribution < -0.4 is 0 Å². The van der Waals surface area contributed by atoms with Gasteiger partial charge in [0.15, 0.2) is 0 Å². The fourth-order valence-electron chi connectivity index (χ4n) is 2.82. The number of rotatable bonds is 4. The van der Waals surface area contributed by atoms with E-state index in [2.05, 4.69) is 0 Å². The van der Waals surface area contributed by atoms with Crippen LogP contribution in [0, 0.1) is 5.92 Å². The summed E-state index contributed by atoms with van der Waals surface area (Å²) in [7, 11) is 0. The standard InChI is InChI=1S/C17H17FO/c18-17-15(13-9-5-2-6-10-13)16(17)14(19)11-12-7-3-1-4-8-12/h1-10,14-17,19H,11H2/t14-,15+,16+,17+/m0/s1. The average Bonchev–Trinajstić information content (AvgIpc) is 3.12. The lowest BCUT2D eigenvalue weighted by atomic mass is 10.0. The maximum atomic E-state index is 13.9. The first kappa shape index (κ1) is 12.4. The number of halogens is 1. The van der Waals surface area contributed by atoms with E-state index >= 15 is 0 Å². The molecule has 0 bridgehead atoms. The number of aliphatic hydroxyl groups excluding tert-OH is 1. The minimum absolute atomic E-state index is 0.139. The molecule has 0 saturated heterocycles. The van der Waals surface area contributed by atoms with E-state index < -0.39 is 12.3 Å². The number of hydrogen-bond acceptors (Lipinski definition) is 1. The lowest BCUT2D eigenvalue weighted by molar-refractivity contribution is 0.139. The van der Waals surface area contributed by atoms with E-state index in [4.69, 9.17) is 0 Å². The van der Waals surface area contributed by atoms with Crippen LogP contribution in [-0.4, -0.2) is 17.4 Å². The van der Waals surface area contributed by atoms with E-state index in [1.54, 1.807) is 0 Å². The van der Waals surface area contributed by atoms with Crippen molar-refractivity contribution in [2.24, 2.45) is 5.92 Å². The summed E-state index contributed by atoms with van der Waals surface area (Å²) >= 11 is 0. The quantitative estimate of drug-likeness (QED) is 0.889. The van der Waals surface area contributed by atoms with Gasteiger partial charge in [0.2, 0.25) is 0 Å². The van der Waals surface area contributed by atoms with Gasteiger partial charge in [0.25, 0.3) is 0 Å². The Morgan fingerprint density at radius 1 is 0.947 bits per heavy atom. The van der Waals surface area contributed by atoms with Gasteiger partial charge in [0.05, 0.1) is 6.10 Å². The molecule has 1 aliphatic rings. The van der Waals surface area contributed by atoms with Crippen molar-refractivity contribution >= 4 is 0 Å². The van der Waals surface area contributed by atoms with E-state index in [0.29, 0.717) is 6.42 Å². The zero-order valence-corrected chi connectivity index (χ0v) is 10.6. The van der Waals surface area contributed by atoms with Crippen molar-refractivity contribution in [3.8, 4) is 0 Å². The van der Waals surface area contributed by atoms with Crippen LogP contribution >= 0.6 is 0 Å². The van der Waals surface area contributed by atoms with E-state index in [9.17, 15) is 9.50 Å².